The van der Waals surface area contributed by atoms with E-state index in [-0.39, 0.29) is 0 Å². The van der Waals surface area contributed by atoms with Crippen molar-refractivity contribution in [2.24, 2.45) is 23.5 Å². The normalized spacial score (nSPS) is 40.4. The fourth-order valence-corrected chi connectivity index (χ4v) is 2.98. The van der Waals surface area contributed by atoms with Gasteiger partial charge < -0.3 is 10.5 Å². The molecule has 0 amide bonds. The van der Waals surface area contributed by atoms with Crippen LogP contribution in [-0.4, -0.2) is 18.2 Å². The van der Waals surface area contributed by atoms with Crippen LogP contribution in [-0.2, 0) is 4.74 Å². The summed E-state index contributed by atoms with van der Waals surface area (Å²) < 4.78 is 5.86. The predicted octanol–water partition coefficient (Wildman–Crippen LogP) is 2.81. The topological polar surface area (TPSA) is 35.2 Å². The summed E-state index contributed by atoms with van der Waals surface area (Å²) in [5.41, 5.74) is 6.37. The van der Waals surface area contributed by atoms with Crippen molar-refractivity contribution >= 4 is 0 Å². The fraction of sp³-hybridized carbons (Fsp3) is 1.00. The molecule has 1 saturated heterocycles. The molecule has 1 rings (SSSR count). The van der Waals surface area contributed by atoms with Crippen LogP contribution in [0, 0.1) is 17.8 Å². The minimum Gasteiger partial charge on any atom is -0.375 e. The molecule has 1 heterocycles. The summed E-state index contributed by atoms with van der Waals surface area (Å²) in [7, 11) is 0. The van der Waals surface area contributed by atoms with E-state index >= 15 is 0 Å². The highest BCUT2D eigenvalue weighted by molar-refractivity contribution is 4.92. The largest absolute Gasteiger partial charge is 0.375 e. The smallest absolute Gasteiger partial charge is 0.0597 e. The van der Waals surface area contributed by atoms with Crippen LogP contribution in [0.5, 0.6) is 0 Å². The van der Waals surface area contributed by atoms with Crippen molar-refractivity contribution in [2.45, 2.75) is 65.7 Å². The molecule has 0 bridgehead atoms. The van der Waals surface area contributed by atoms with Gasteiger partial charge in [-0.3, -0.25) is 0 Å². The van der Waals surface area contributed by atoms with Gasteiger partial charge in [-0.25, -0.2) is 0 Å². The van der Waals surface area contributed by atoms with Gasteiger partial charge in [0.05, 0.1) is 12.2 Å². The molecule has 0 spiro atoms. The molecule has 1 aliphatic heterocycles. The summed E-state index contributed by atoms with van der Waals surface area (Å²) in [5, 5.41) is 0. The van der Waals surface area contributed by atoms with Gasteiger partial charge in [-0.1, -0.05) is 27.2 Å². The zero-order valence-electron chi connectivity index (χ0n) is 10.9. The maximum atomic E-state index is 6.37. The third-order valence-corrected chi connectivity index (χ3v) is 4.16. The van der Waals surface area contributed by atoms with E-state index < -0.39 is 0 Å². The van der Waals surface area contributed by atoms with Gasteiger partial charge >= 0.3 is 0 Å². The molecule has 90 valence electrons. The maximum Gasteiger partial charge on any atom is 0.0597 e. The van der Waals surface area contributed by atoms with E-state index in [1.807, 2.05) is 0 Å². The molecule has 0 aromatic heterocycles. The molecule has 0 saturated carbocycles. The van der Waals surface area contributed by atoms with Gasteiger partial charge in [0.15, 0.2) is 0 Å². The van der Waals surface area contributed by atoms with Gasteiger partial charge in [0, 0.05) is 12.0 Å². The molecule has 0 radical (unpaired) electrons. The molecule has 2 N–H and O–H groups in total. The first-order valence-electron chi connectivity index (χ1n) is 6.40. The third-order valence-electron chi connectivity index (χ3n) is 4.16. The second kappa shape index (κ2) is 5.31. The summed E-state index contributed by atoms with van der Waals surface area (Å²) in [5.74, 6) is 1.73. The zero-order valence-corrected chi connectivity index (χ0v) is 10.9. The molecule has 2 heteroatoms. The Bertz CT molecular complexity index is 195. The Hall–Kier alpha value is -0.0800. The molecule has 1 aliphatic rings. The van der Waals surface area contributed by atoms with Gasteiger partial charge in [-0.15, -0.1) is 0 Å². The van der Waals surface area contributed by atoms with Gasteiger partial charge in [-0.05, 0) is 32.1 Å². The van der Waals surface area contributed by atoms with E-state index in [2.05, 4.69) is 34.6 Å². The van der Waals surface area contributed by atoms with E-state index in [1.165, 1.54) is 12.8 Å². The second-order valence-corrected chi connectivity index (χ2v) is 5.33. The van der Waals surface area contributed by atoms with Gasteiger partial charge in [-0.2, -0.15) is 0 Å². The highest BCUT2D eigenvalue weighted by atomic mass is 16.5. The first-order chi connectivity index (χ1) is 6.99. The molecule has 6 unspecified atom stereocenters. The minimum atomic E-state index is 0.292. The van der Waals surface area contributed by atoms with E-state index in [0.29, 0.717) is 36.0 Å². The van der Waals surface area contributed by atoms with E-state index in [1.54, 1.807) is 0 Å². The van der Waals surface area contributed by atoms with Crippen molar-refractivity contribution in [1.29, 1.82) is 0 Å². The molecule has 1 fully saturated rings. The summed E-state index contributed by atoms with van der Waals surface area (Å²) in [6.45, 7) is 11.1. The van der Waals surface area contributed by atoms with E-state index in [4.69, 9.17) is 10.5 Å². The number of rotatable bonds is 4. The lowest BCUT2D eigenvalue weighted by Gasteiger charge is -2.30. The van der Waals surface area contributed by atoms with Crippen molar-refractivity contribution in [3.05, 3.63) is 0 Å². The van der Waals surface area contributed by atoms with Crippen molar-refractivity contribution in [2.75, 3.05) is 0 Å². The summed E-state index contributed by atoms with van der Waals surface area (Å²) >= 11 is 0. The first kappa shape index (κ1) is 13.0. The Labute approximate surface area is 94.6 Å². The highest BCUT2D eigenvalue weighted by Crippen LogP contribution is 2.36. The number of nitrogens with two attached hydrogens (primary N) is 1. The molecule has 15 heavy (non-hydrogen) atoms. The van der Waals surface area contributed by atoms with Crippen LogP contribution in [0.2, 0.25) is 0 Å². The average molecular weight is 213 g/mol. The third kappa shape index (κ3) is 2.73. The maximum absolute atomic E-state index is 6.37. The Kier molecular flexibility index (Phi) is 4.60. The van der Waals surface area contributed by atoms with Crippen LogP contribution in [0.3, 0.4) is 0 Å². The number of hydrogen-bond donors (Lipinski definition) is 1. The second-order valence-electron chi connectivity index (χ2n) is 5.33. The molecule has 0 aromatic carbocycles. The Morgan fingerprint density at radius 3 is 2.20 bits per heavy atom. The van der Waals surface area contributed by atoms with Crippen molar-refractivity contribution in [3.63, 3.8) is 0 Å². The quantitative estimate of drug-likeness (QED) is 0.779. The lowest BCUT2D eigenvalue weighted by molar-refractivity contribution is 0.0468. The average Bonchev–Trinajstić information content (AvgIpc) is 2.41. The van der Waals surface area contributed by atoms with Gasteiger partial charge in [0.2, 0.25) is 0 Å². The first-order valence-corrected chi connectivity index (χ1v) is 6.40. The van der Waals surface area contributed by atoms with Crippen LogP contribution >= 0.6 is 0 Å². The van der Waals surface area contributed by atoms with E-state index in [0.717, 1.165) is 0 Å². The molecule has 2 nitrogen and oxygen atoms in total. The van der Waals surface area contributed by atoms with E-state index in [9.17, 15) is 0 Å². The Balaban J connectivity index is 2.61. The molecule has 0 aliphatic carbocycles. The van der Waals surface area contributed by atoms with Crippen LogP contribution in [0.4, 0.5) is 0 Å². The molecule has 6 atom stereocenters. The molecular weight excluding hydrogens is 186 g/mol. The number of hydrogen-bond acceptors (Lipinski definition) is 2. The SMILES string of the molecule is CCCC(C)C(N)C1C(C)OC(C)C1C. The standard InChI is InChI=1S/C13H27NO/c1-6-7-8(2)13(14)12-9(3)10(4)15-11(12)5/h8-13H,6-7,14H2,1-5H3. The van der Waals surface area contributed by atoms with Crippen molar-refractivity contribution in [3.8, 4) is 0 Å². The Morgan fingerprint density at radius 2 is 1.80 bits per heavy atom. The molecular formula is C13H27NO. The predicted molar refractivity (Wildman–Crippen MR) is 64.7 cm³/mol. The van der Waals surface area contributed by atoms with Crippen LogP contribution in [0.25, 0.3) is 0 Å². The Morgan fingerprint density at radius 1 is 1.20 bits per heavy atom. The summed E-state index contributed by atoms with van der Waals surface area (Å²) in [6, 6.07) is 0.292. The minimum absolute atomic E-state index is 0.292. The summed E-state index contributed by atoms with van der Waals surface area (Å²) in [6.07, 6.45) is 3.14. The highest BCUT2D eigenvalue weighted by Gasteiger charge is 2.41. The zero-order chi connectivity index (χ0) is 11.6. The van der Waals surface area contributed by atoms with Gasteiger partial charge in [0.1, 0.15) is 0 Å². The summed E-state index contributed by atoms with van der Waals surface area (Å²) in [4.78, 5) is 0. The lowest BCUT2D eigenvalue weighted by Crippen LogP contribution is -2.42. The number of ether oxygens (including phenoxy) is 1. The van der Waals surface area contributed by atoms with Crippen LogP contribution in [0.15, 0.2) is 0 Å². The van der Waals surface area contributed by atoms with Crippen molar-refractivity contribution < 1.29 is 4.74 Å². The monoisotopic (exact) mass is 213 g/mol. The fourth-order valence-electron chi connectivity index (χ4n) is 2.98. The van der Waals surface area contributed by atoms with Gasteiger partial charge in [0.25, 0.3) is 0 Å². The van der Waals surface area contributed by atoms with Crippen LogP contribution in [0.1, 0.15) is 47.5 Å². The van der Waals surface area contributed by atoms with Crippen LogP contribution < -0.4 is 5.73 Å². The lowest BCUT2D eigenvalue weighted by atomic mass is 9.78. The molecule has 0 aromatic rings. The van der Waals surface area contributed by atoms with Crippen molar-refractivity contribution in [1.82, 2.24) is 0 Å².